The monoisotopic (exact) mass is 319 g/mol. The Kier molecular flexibility index (Phi) is 7.29. The molecule has 0 aromatic carbocycles. The number of hydrogen-bond donors (Lipinski definition) is 1. The average molecular weight is 319 g/mol. The molecule has 1 fully saturated rings. The maximum atomic E-state index is 12.2. The Morgan fingerprint density at radius 2 is 2.00 bits per heavy atom. The van der Waals surface area contributed by atoms with Crippen molar-refractivity contribution in [3.8, 4) is 0 Å². The lowest BCUT2D eigenvalue weighted by Gasteiger charge is -2.35. The predicted molar refractivity (Wildman–Crippen MR) is 93.7 cm³/mol. The van der Waals surface area contributed by atoms with Gasteiger partial charge >= 0.3 is 0 Å². The molecule has 0 aliphatic carbocycles. The normalized spacial score (nSPS) is 15.3. The first-order valence-electron chi connectivity index (χ1n) is 8.46. The van der Waals surface area contributed by atoms with E-state index in [1.807, 2.05) is 29.3 Å². The van der Waals surface area contributed by atoms with Gasteiger partial charge < -0.3 is 20.0 Å². The first-order valence-corrected chi connectivity index (χ1v) is 8.46. The summed E-state index contributed by atoms with van der Waals surface area (Å²) < 4.78 is 0. The van der Waals surface area contributed by atoms with Crippen LogP contribution in [0.2, 0.25) is 0 Å². The van der Waals surface area contributed by atoms with Gasteiger partial charge in [0.1, 0.15) is 5.82 Å². The van der Waals surface area contributed by atoms with Crippen molar-refractivity contribution in [2.24, 2.45) is 0 Å². The summed E-state index contributed by atoms with van der Waals surface area (Å²) in [5.41, 5.74) is 0. The van der Waals surface area contributed by atoms with Crippen LogP contribution in [0.3, 0.4) is 0 Å². The number of pyridine rings is 1. The molecule has 6 nitrogen and oxygen atoms in total. The number of nitrogens with one attached hydrogen (secondary N) is 1. The smallest absolute Gasteiger partial charge is 0.223 e. The van der Waals surface area contributed by atoms with Crippen LogP contribution in [0.25, 0.3) is 0 Å². The molecular weight excluding hydrogens is 290 g/mol. The van der Waals surface area contributed by atoms with Crippen molar-refractivity contribution >= 4 is 11.7 Å². The van der Waals surface area contributed by atoms with Gasteiger partial charge in [-0.05, 0) is 45.7 Å². The number of nitrogens with zero attached hydrogens (tertiary/aromatic N) is 4. The van der Waals surface area contributed by atoms with Gasteiger partial charge in [0.25, 0.3) is 0 Å². The Labute approximate surface area is 139 Å². The highest BCUT2D eigenvalue weighted by Crippen LogP contribution is 2.12. The zero-order valence-electron chi connectivity index (χ0n) is 14.4. The van der Waals surface area contributed by atoms with E-state index in [1.165, 1.54) is 0 Å². The van der Waals surface area contributed by atoms with Crippen LogP contribution in [0.4, 0.5) is 5.82 Å². The van der Waals surface area contributed by atoms with Crippen LogP contribution in [0, 0.1) is 0 Å². The summed E-state index contributed by atoms with van der Waals surface area (Å²) in [6, 6.07) is 5.95. The molecule has 0 spiro atoms. The molecule has 1 N–H and O–H groups in total. The third kappa shape index (κ3) is 6.15. The van der Waals surface area contributed by atoms with Crippen LogP contribution in [0.15, 0.2) is 24.4 Å². The highest BCUT2D eigenvalue weighted by Gasteiger charge is 2.21. The van der Waals surface area contributed by atoms with E-state index in [4.69, 9.17) is 0 Å². The molecule has 1 aliphatic heterocycles. The van der Waals surface area contributed by atoms with Gasteiger partial charge in [-0.3, -0.25) is 4.79 Å². The van der Waals surface area contributed by atoms with Gasteiger partial charge in [0.2, 0.25) is 5.91 Å². The summed E-state index contributed by atoms with van der Waals surface area (Å²) >= 11 is 0. The van der Waals surface area contributed by atoms with Crippen molar-refractivity contribution in [2.45, 2.75) is 12.8 Å². The van der Waals surface area contributed by atoms with Gasteiger partial charge in [-0.15, -0.1) is 0 Å². The molecule has 0 atom stereocenters. The minimum atomic E-state index is 0.255. The molecule has 2 rings (SSSR count). The van der Waals surface area contributed by atoms with Crippen LogP contribution in [0.1, 0.15) is 12.8 Å². The quantitative estimate of drug-likeness (QED) is 0.714. The molecule has 0 radical (unpaired) electrons. The number of aromatic nitrogens is 1. The van der Waals surface area contributed by atoms with Crippen molar-refractivity contribution < 1.29 is 4.79 Å². The fourth-order valence-corrected chi connectivity index (χ4v) is 2.72. The molecule has 6 heteroatoms. The predicted octanol–water partition coefficient (Wildman–Crippen LogP) is 0.662. The maximum Gasteiger partial charge on any atom is 0.223 e. The van der Waals surface area contributed by atoms with Crippen LogP contribution < -0.4 is 10.2 Å². The summed E-state index contributed by atoms with van der Waals surface area (Å²) in [7, 11) is 4.16. The summed E-state index contributed by atoms with van der Waals surface area (Å²) in [5, 5.41) is 3.35. The van der Waals surface area contributed by atoms with Gasteiger partial charge in [0.05, 0.1) is 0 Å². The third-order valence-electron chi connectivity index (χ3n) is 4.08. The lowest BCUT2D eigenvalue weighted by molar-refractivity contribution is -0.131. The molecule has 1 saturated heterocycles. The second-order valence-electron chi connectivity index (χ2n) is 6.21. The van der Waals surface area contributed by atoms with E-state index in [1.54, 1.807) is 0 Å². The lowest BCUT2D eigenvalue weighted by Crippen LogP contribution is -2.49. The van der Waals surface area contributed by atoms with E-state index < -0.39 is 0 Å². The molecule has 0 saturated carbocycles. The van der Waals surface area contributed by atoms with Crippen molar-refractivity contribution in [2.75, 3.05) is 64.8 Å². The second kappa shape index (κ2) is 9.47. The topological polar surface area (TPSA) is 51.7 Å². The molecule has 1 amide bonds. The van der Waals surface area contributed by atoms with Crippen molar-refractivity contribution in [3.63, 3.8) is 0 Å². The Hall–Kier alpha value is -1.66. The standard InChI is InChI=1S/C17H29N5O/c1-20(2)11-5-8-18-10-7-17(23)22-14-12-21(13-15-22)16-6-3-4-9-19-16/h3-4,6,9,18H,5,7-8,10-15H2,1-2H3. The van der Waals surface area contributed by atoms with Crippen LogP contribution >= 0.6 is 0 Å². The number of rotatable bonds is 8. The SMILES string of the molecule is CN(C)CCCNCCC(=O)N1CCN(c2ccccn2)CC1. The Morgan fingerprint density at radius 1 is 1.22 bits per heavy atom. The molecule has 23 heavy (non-hydrogen) atoms. The number of anilines is 1. The van der Waals surface area contributed by atoms with Crippen molar-refractivity contribution in [1.82, 2.24) is 20.1 Å². The summed E-state index contributed by atoms with van der Waals surface area (Å²) in [5.74, 6) is 1.26. The van der Waals surface area contributed by atoms with Gasteiger partial charge in [0, 0.05) is 45.3 Å². The van der Waals surface area contributed by atoms with E-state index in [0.717, 1.165) is 58.1 Å². The molecule has 0 bridgehead atoms. The van der Waals surface area contributed by atoms with Crippen LogP contribution in [-0.2, 0) is 4.79 Å². The summed E-state index contributed by atoms with van der Waals surface area (Å²) in [6.07, 6.45) is 3.52. The highest BCUT2D eigenvalue weighted by molar-refractivity contribution is 5.76. The Bertz CT molecular complexity index is 457. The molecular formula is C17H29N5O. The highest BCUT2D eigenvalue weighted by atomic mass is 16.2. The first kappa shape index (κ1) is 17.7. The maximum absolute atomic E-state index is 12.2. The summed E-state index contributed by atoms with van der Waals surface area (Å²) in [6.45, 7) is 6.12. The Balaban J connectivity index is 1.60. The largest absolute Gasteiger partial charge is 0.353 e. The molecule has 1 aromatic rings. The van der Waals surface area contributed by atoms with E-state index in [-0.39, 0.29) is 5.91 Å². The number of hydrogen-bond acceptors (Lipinski definition) is 5. The molecule has 2 heterocycles. The van der Waals surface area contributed by atoms with E-state index in [9.17, 15) is 4.79 Å². The van der Waals surface area contributed by atoms with Crippen LogP contribution in [-0.4, -0.2) is 80.6 Å². The fourth-order valence-electron chi connectivity index (χ4n) is 2.72. The van der Waals surface area contributed by atoms with E-state index in [0.29, 0.717) is 6.42 Å². The minimum absolute atomic E-state index is 0.255. The zero-order valence-corrected chi connectivity index (χ0v) is 14.4. The number of amides is 1. The van der Waals surface area contributed by atoms with Gasteiger partial charge in [-0.1, -0.05) is 6.07 Å². The number of carbonyl (C=O) groups excluding carboxylic acids is 1. The second-order valence-corrected chi connectivity index (χ2v) is 6.21. The van der Waals surface area contributed by atoms with Gasteiger partial charge in [-0.2, -0.15) is 0 Å². The van der Waals surface area contributed by atoms with Gasteiger partial charge in [-0.25, -0.2) is 4.98 Å². The molecule has 128 valence electrons. The van der Waals surface area contributed by atoms with Crippen molar-refractivity contribution in [1.29, 1.82) is 0 Å². The van der Waals surface area contributed by atoms with Gasteiger partial charge in [0.15, 0.2) is 0 Å². The Morgan fingerprint density at radius 3 is 2.65 bits per heavy atom. The average Bonchev–Trinajstić information content (AvgIpc) is 2.58. The first-order chi connectivity index (χ1) is 11.2. The number of carbonyl (C=O) groups is 1. The zero-order chi connectivity index (χ0) is 16.5. The van der Waals surface area contributed by atoms with Crippen molar-refractivity contribution in [3.05, 3.63) is 24.4 Å². The fraction of sp³-hybridized carbons (Fsp3) is 0.647. The molecule has 1 aliphatic rings. The van der Waals surface area contributed by atoms with Crippen LogP contribution in [0.5, 0.6) is 0 Å². The van der Waals surface area contributed by atoms with E-state index in [2.05, 4.69) is 34.2 Å². The minimum Gasteiger partial charge on any atom is -0.353 e. The number of piperazine rings is 1. The third-order valence-corrected chi connectivity index (χ3v) is 4.08. The lowest BCUT2D eigenvalue weighted by atomic mass is 10.2. The molecule has 0 unspecified atom stereocenters. The summed E-state index contributed by atoms with van der Waals surface area (Å²) in [4.78, 5) is 23.0. The van der Waals surface area contributed by atoms with E-state index >= 15 is 0 Å². The molecule has 1 aromatic heterocycles.